The molecule has 1 aliphatic heterocycles. The predicted octanol–water partition coefficient (Wildman–Crippen LogP) is 2.15. The maximum atomic E-state index is 12.4. The number of carbonyl (C=O) groups excluding carboxylic acids is 1. The normalized spacial score (nSPS) is 21.8. The predicted molar refractivity (Wildman–Crippen MR) is 84.6 cm³/mol. The second-order valence-corrected chi connectivity index (χ2v) is 6.28. The van der Waals surface area contributed by atoms with E-state index in [4.69, 9.17) is 4.74 Å². The first-order chi connectivity index (χ1) is 10.6. The molecule has 1 saturated heterocycles. The second-order valence-electron chi connectivity index (χ2n) is 5.50. The lowest BCUT2D eigenvalue weighted by Gasteiger charge is -2.36. The van der Waals surface area contributed by atoms with E-state index in [0.29, 0.717) is 19.6 Å². The summed E-state index contributed by atoms with van der Waals surface area (Å²) in [6.45, 7) is 3.67. The fourth-order valence-corrected chi connectivity index (χ4v) is 3.31. The molecule has 0 saturated carbocycles. The molecule has 3 heterocycles. The van der Waals surface area contributed by atoms with E-state index in [1.165, 1.54) is 0 Å². The number of nitrogens with zero attached hydrogens (tertiary/aromatic N) is 3. The Hall–Kier alpha value is -1.86. The zero-order valence-corrected chi connectivity index (χ0v) is 13.5. The minimum absolute atomic E-state index is 0.0288. The molecule has 22 heavy (non-hydrogen) atoms. The third-order valence-corrected chi connectivity index (χ3v) is 4.51. The number of morpholine rings is 1. The number of nitrogens with one attached hydrogen (secondary N) is 1. The molecule has 2 aromatic rings. The Morgan fingerprint density at radius 2 is 2.36 bits per heavy atom. The molecule has 0 unspecified atom stereocenters. The summed E-state index contributed by atoms with van der Waals surface area (Å²) in [5.74, 6) is 0. The fourth-order valence-electron chi connectivity index (χ4n) is 2.61. The van der Waals surface area contributed by atoms with Crippen molar-refractivity contribution in [2.24, 2.45) is 7.05 Å². The molecule has 2 atom stereocenters. The number of amides is 2. The number of aryl methyl sites for hydroxylation is 1. The molecule has 0 aliphatic carbocycles. The lowest BCUT2D eigenvalue weighted by molar-refractivity contribution is -0.0655. The molecule has 0 aromatic carbocycles. The van der Waals surface area contributed by atoms with E-state index in [-0.39, 0.29) is 18.2 Å². The summed E-state index contributed by atoms with van der Waals surface area (Å²) in [4.78, 5) is 14.2. The van der Waals surface area contributed by atoms with Gasteiger partial charge in [0, 0.05) is 19.8 Å². The minimum atomic E-state index is -0.0587. The molecule has 6 nitrogen and oxygen atoms in total. The first-order valence-corrected chi connectivity index (χ1v) is 8.25. The van der Waals surface area contributed by atoms with E-state index < -0.39 is 0 Å². The molecule has 1 fully saturated rings. The van der Waals surface area contributed by atoms with Crippen LogP contribution in [0.15, 0.2) is 29.1 Å². The maximum absolute atomic E-state index is 12.4. The van der Waals surface area contributed by atoms with E-state index in [1.807, 2.05) is 30.3 Å². The van der Waals surface area contributed by atoms with Gasteiger partial charge in [0.25, 0.3) is 0 Å². The van der Waals surface area contributed by atoms with Crippen molar-refractivity contribution < 1.29 is 9.53 Å². The van der Waals surface area contributed by atoms with Crippen LogP contribution in [0.2, 0.25) is 0 Å². The van der Waals surface area contributed by atoms with Gasteiger partial charge in [-0.05, 0) is 35.4 Å². The van der Waals surface area contributed by atoms with Gasteiger partial charge in [0.1, 0.15) is 6.10 Å². The van der Waals surface area contributed by atoms with Gasteiger partial charge in [-0.25, -0.2) is 4.79 Å². The summed E-state index contributed by atoms with van der Waals surface area (Å²) in [7, 11) is 1.87. The molecule has 2 aromatic heterocycles. The second kappa shape index (κ2) is 6.50. The van der Waals surface area contributed by atoms with Gasteiger partial charge in [-0.3, -0.25) is 4.68 Å². The first kappa shape index (κ1) is 15.1. The largest absolute Gasteiger partial charge is 0.367 e. The van der Waals surface area contributed by atoms with Gasteiger partial charge in [-0.1, -0.05) is 0 Å². The maximum Gasteiger partial charge on any atom is 0.317 e. The standard InChI is InChI=1S/C15H20N4O2S/c1-11-8-19(9-14(21-11)12-4-6-22-10-12)15(20)16-7-13-3-5-17-18(13)2/h3-6,10-11,14H,7-9H2,1-2H3,(H,16,20)/t11-,14-/m0/s1. The zero-order chi connectivity index (χ0) is 15.5. The molecule has 1 N–H and O–H groups in total. The topological polar surface area (TPSA) is 59.4 Å². The van der Waals surface area contributed by atoms with Crippen molar-refractivity contribution >= 4 is 17.4 Å². The average Bonchev–Trinajstić information content (AvgIpc) is 3.15. The molecule has 0 radical (unpaired) electrons. The van der Waals surface area contributed by atoms with E-state index in [0.717, 1.165) is 11.3 Å². The van der Waals surface area contributed by atoms with Crippen molar-refractivity contribution in [3.05, 3.63) is 40.3 Å². The van der Waals surface area contributed by atoms with Gasteiger partial charge in [0.05, 0.1) is 24.9 Å². The highest BCUT2D eigenvalue weighted by atomic mass is 32.1. The van der Waals surface area contributed by atoms with Crippen molar-refractivity contribution in [1.82, 2.24) is 20.0 Å². The van der Waals surface area contributed by atoms with Crippen LogP contribution in [-0.4, -0.2) is 39.9 Å². The molecule has 2 amide bonds. The summed E-state index contributed by atoms with van der Waals surface area (Å²) in [6, 6.07) is 3.90. The Labute approximate surface area is 133 Å². The molecular formula is C15H20N4O2S. The molecule has 1 aliphatic rings. The summed E-state index contributed by atoms with van der Waals surface area (Å²) in [6.07, 6.45) is 1.71. The smallest absolute Gasteiger partial charge is 0.317 e. The minimum Gasteiger partial charge on any atom is -0.367 e. The number of aromatic nitrogens is 2. The highest BCUT2D eigenvalue weighted by Crippen LogP contribution is 2.26. The summed E-state index contributed by atoms with van der Waals surface area (Å²) >= 11 is 1.65. The quantitative estimate of drug-likeness (QED) is 0.943. The van der Waals surface area contributed by atoms with Gasteiger partial charge in [-0.2, -0.15) is 16.4 Å². The Kier molecular flexibility index (Phi) is 4.44. The number of thiophene rings is 1. The van der Waals surface area contributed by atoms with E-state index >= 15 is 0 Å². The molecule has 0 spiro atoms. The van der Waals surface area contributed by atoms with Crippen molar-refractivity contribution in [3.63, 3.8) is 0 Å². The fraction of sp³-hybridized carbons (Fsp3) is 0.467. The van der Waals surface area contributed by atoms with Crippen LogP contribution < -0.4 is 5.32 Å². The summed E-state index contributed by atoms with van der Waals surface area (Å²) < 4.78 is 7.71. The van der Waals surface area contributed by atoms with Crippen molar-refractivity contribution in [1.29, 1.82) is 0 Å². The number of hydrogen-bond donors (Lipinski definition) is 1. The van der Waals surface area contributed by atoms with Gasteiger partial charge >= 0.3 is 6.03 Å². The Morgan fingerprint density at radius 3 is 3.05 bits per heavy atom. The monoisotopic (exact) mass is 320 g/mol. The molecule has 7 heteroatoms. The first-order valence-electron chi connectivity index (χ1n) is 7.30. The summed E-state index contributed by atoms with van der Waals surface area (Å²) in [5, 5.41) is 11.2. The third-order valence-electron chi connectivity index (χ3n) is 3.81. The molecule has 3 rings (SSSR count). The van der Waals surface area contributed by atoms with Crippen molar-refractivity contribution in [2.75, 3.05) is 13.1 Å². The number of urea groups is 1. The van der Waals surface area contributed by atoms with Crippen LogP contribution in [-0.2, 0) is 18.3 Å². The lowest BCUT2D eigenvalue weighted by atomic mass is 10.1. The number of rotatable bonds is 3. The Balaban J connectivity index is 1.60. The van der Waals surface area contributed by atoms with Crippen LogP contribution in [0.25, 0.3) is 0 Å². The van der Waals surface area contributed by atoms with E-state index in [2.05, 4.69) is 21.9 Å². The van der Waals surface area contributed by atoms with Crippen LogP contribution in [0, 0.1) is 0 Å². The molecule has 0 bridgehead atoms. The average molecular weight is 320 g/mol. The van der Waals surface area contributed by atoms with Crippen LogP contribution >= 0.6 is 11.3 Å². The molecular weight excluding hydrogens is 300 g/mol. The number of hydrogen-bond acceptors (Lipinski definition) is 4. The molecule has 118 valence electrons. The third kappa shape index (κ3) is 3.31. The highest BCUT2D eigenvalue weighted by molar-refractivity contribution is 7.07. The van der Waals surface area contributed by atoms with Gasteiger partial charge in [0.15, 0.2) is 0 Å². The van der Waals surface area contributed by atoms with Crippen molar-refractivity contribution in [3.8, 4) is 0 Å². The van der Waals surface area contributed by atoms with Gasteiger partial charge in [0.2, 0.25) is 0 Å². The van der Waals surface area contributed by atoms with E-state index in [9.17, 15) is 4.79 Å². The van der Waals surface area contributed by atoms with Crippen molar-refractivity contribution in [2.45, 2.75) is 25.7 Å². The van der Waals surface area contributed by atoms with Gasteiger partial charge in [-0.15, -0.1) is 0 Å². The van der Waals surface area contributed by atoms with Crippen LogP contribution in [0.1, 0.15) is 24.3 Å². The highest BCUT2D eigenvalue weighted by Gasteiger charge is 2.29. The number of ether oxygens (including phenoxy) is 1. The van der Waals surface area contributed by atoms with Crippen LogP contribution in [0.3, 0.4) is 0 Å². The zero-order valence-electron chi connectivity index (χ0n) is 12.7. The van der Waals surface area contributed by atoms with Crippen LogP contribution in [0.4, 0.5) is 4.79 Å². The van der Waals surface area contributed by atoms with Gasteiger partial charge < -0.3 is 15.0 Å². The number of carbonyl (C=O) groups is 1. The summed E-state index contributed by atoms with van der Waals surface area (Å²) in [5.41, 5.74) is 2.12. The Bertz CT molecular complexity index is 625. The lowest BCUT2D eigenvalue weighted by Crippen LogP contribution is -2.49. The van der Waals surface area contributed by atoms with Crippen LogP contribution in [0.5, 0.6) is 0 Å². The van der Waals surface area contributed by atoms with E-state index in [1.54, 1.807) is 22.2 Å². The Morgan fingerprint density at radius 1 is 1.50 bits per heavy atom. The SMILES string of the molecule is C[C@H]1CN(C(=O)NCc2ccnn2C)C[C@@H](c2ccsc2)O1.